The third-order valence-corrected chi connectivity index (χ3v) is 44.9. The first-order valence-corrected chi connectivity index (χ1v) is 18.0. The van der Waals surface area contributed by atoms with E-state index in [-0.39, 0.29) is 0 Å². The van der Waals surface area contributed by atoms with Gasteiger partial charge in [-0.3, -0.25) is 0 Å². The summed E-state index contributed by atoms with van der Waals surface area (Å²) in [4.78, 5) is 0. The van der Waals surface area contributed by atoms with E-state index in [1.807, 2.05) is 0 Å². The van der Waals surface area contributed by atoms with Crippen LogP contribution >= 0.6 is 0 Å². The Labute approximate surface area is 117 Å². The Balaban J connectivity index is 3.24. The molecule has 0 spiro atoms. The minimum absolute atomic E-state index is 0.677. The lowest BCUT2D eigenvalue weighted by atomic mass is 10.3. The molecule has 1 atom stereocenters. The van der Waals surface area contributed by atoms with E-state index < -0.39 is 22.7 Å². The highest BCUT2D eigenvalue weighted by molar-refractivity contribution is 7.67. The summed E-state index contributed by atoms with van der Waals surface area (Å²) in [5, 5.41) is 0. The van der Waals surface area contributed by atoms with Crippen molar-refractivity contribution < 1.29 is 4.43 Å². The van der Waals surface area contributed by atoms with Crippen molar-refractivity contribution in [3.05, 3.63) is 0 Å². The van der Waals surface area contributed by atoms with Gasteiger partial charge in [0.15, 0.2) is 7.83 Å². The highest BCUT2D eigenvalue weighted by Crippen LogP contribution is 2.40. The number of hydrogen-bond donors (Lipinski definition) is 0. The van der Waals surface area contributed by atoms with Gasteiger partial charge in [-0.1, -0.05) is 47.3 Å². The van der Waals surface area contributed by atoms with Gasteiger partial charge in [0.25, 0.3) is 0 Å². The zero-order valence-electron chi connectivity index (χ0n) is 13.9. The lowest BCUT2D eigenvalue weighted by Gasteiger charge is -2.59. The normalized spacial score (nSPS) is 31.3. The Bertz CT molecular complexity index is 297. The Morgan fingerprint density at radius 3 is 1.72 bits per heavy atom. The highest BCUT2D eigenvalue weighted by atomic mass is 29.6. The third-order valence-electron chi connectivity index (χ3n) is 5.59. The van der Waals surface area contributed by atoms with Crippen LogP contribution in [0.4, 0.5) is 0 Å². The monoisotopic (exact) mass is 303 g/mol. The quantitative estimate of drug-likeness (QED) is 0.736. The molecular formula is C13H33NOSi3. The summed E-state index contributed by atoms with van der Waals surface area (Å²) in [6.45, 7) is 23.4. The number of rotatable bonds is 3. The average Bonchev–Trinajstić information content (AvgIpc) is 2.13. The maximum absolute atomic E-state index is 6.29. The fourth-order valence-electron chi connectivity index (χ4n) is 3.83. The van der Waals surface area contributed by atoms with E-state index in [1.54, 1.807) is 0 Å². The minimum Gasteiger partial charge on any atom is -0.421 e. The van der Waals surface area contributed by atoms with Gasteiger partial charge in [0, 0.05) is 6.61 Å². The zero-order chi connectivity index (χ0) is 14.4. The molecule has 0 bridgehead atoms. The minimum atomic E-state index is -1.45. The van der Waals surface area contributed by atoms with Crippen LogP contribution in [-0.2, 0) is 4.43 Å². The third kappa shape index (κ3) is 2.44. The van der Waals surface area contributed by atoms with Crippen molar-refractivity contribution in [1.82, 2.24) is 4.57 Å². The van der Waals surface area contributed by atoms with Gasteiger partial charge in [0.2, 0.25) is 0 Å². The van der Waals surface area contributed by atoms with E-state index in [1.165, 1.54) is 6.04 Å². The van der Waals surface area contributed by atoms with E-state index in [2.05, 4.69) is 65.0 Å². The molecule has 0 aromatic heterocycles. The molecule has 0 aromatic carbocycles. The van der Waals surface area contributed by atoms with E-state index in [9.17, 15) is 0 Å². The van der Waals surface area contributed by atoms with Crippen LogP contribution in [0.3, 0.4) is 0 Å². The first-order chi connectivity index (χ1) is 7.97. The largest absolute Gasteiger partial charge is 0.421 e. The molecule has 0 amide bonds. The predicted octanol–water partition coefficient (Wildman–Crippen LogP) is 3.78. The number of hydrogen-bond acceptors (Lipinski definition) is 2. The Morgan fingerprint density at radius 1 is 0.889 bits per heavy atom. The van der Waals surface area contributed by atoms with Crippen LogP contribution in [-0.4, -0.2) is 46.0 Å². The molecule has 1 aliphatic rings. The molecule has 1 unspecified atom stereocenters. The molecule has 108 valence electrons. The van der Waals surface area contributed by atoms with Crippen molar-refractivity contribution in [1.29, 1.82) is 0 Å². The second-order valence-corrected chi connectivity index (χ2v) is 33.6. The second kappa shape index (κ2) is 5.16. The maximum Gasteiger partial charge on any atom is 0.172 e. The van der Waals surface area contributed by atoms with Gasteiger partial charge in [-0.2, -0.15) is 0 Å². The fraction of sp³-hybridized carbons (Fsp3) is 1.00. The van der Waals surface area contributed by atoms with Crippen LogP contribution in [0, 0.1) is 0 Å². The average molecular weight is 304 g/mol. The Morgan fingerprint density at radius 2 is 1.33 bits per heavy atom. The van der Waals surface area contributed by atoms with Gasteiger partial charge in [0.05, 0.1) is 7.11 Å². The van der Waals surface area contributed by atoms with E-state index in [0.717, 1.165) is 6.61 Å². The maximum atomic E-state index is 6.29. The summed E-state index contributed by atoms with van der Waals surface area (Å²) in [6, 6.07) is 2.70. The molecule has 1 aliphatic heterocycles. The molecule has 1 heterocycles. The fourth-order valence-corrected chi connectivity index (χ4v) is 36.2. The zero-order valence-corrected chi connectivity index (χ0v) is 16.9. The van der Waals surface area contributed by atoms with Gasteiger partial charge < -0.3 is 8.99 Å². The first-order valence-electron chi connectivity index (χ1n) is 7.40. The van der Waals surface area contributed by atoms with Crippen molar-refractivity contribution in [3.63, 3.8) is 0 Å². The molecular weight excluding hydrogens is 270 g/mol. The predicted molar refractivity (Wildman–Crippen MR) is 89.5 cm³/mol. The molecule has 1 saturated heterocycles. The van der Waals surface area contributed by atoms with E-state index >= 15 is 0 Å². The van der Waals surface area contributed by atoms with Gasteiger partial charge in [-0.15, -0.1) is 0 Å². The molecule has 0 aromatic rings. The molecule has 2 nitrogen and oxygen atoms in total. The first kappa shape index (κ1) is 16.6. The lowest BCUT2D eigenvalue weighted by molar-refractivity contribution is 0.281. The molecule has 0 aliphatic carbocycles. The summed E-state index contributed by atoms with van der Waals surface area (Å²) >= 11 is 0. The second-order valence-electron chi connectivity index (χ2n) is 7.60. The van der Waals surface area contributed by atoms with E-state index in [0.29, 0.717) is 12.1 Å². The molecule has 0 saturated carbocycles. The highest BCUT2D eigenvalue weighted by Gasteiger charge is 2.61. The smallest absolute Gasteiger partial charge is 0.172 e. The van der Waals surface area contributed by atoms with Crippen LogP contribution < -0.4 is 0 Å². The van der Waals surface area contributed by atoms with Gasteiger partial charge in [0.1, 0.15) is 7.75 Å². The lowest BCUT2D eigenvalue weighted by Crippen LogP contribution is -2.82. The van der Waals surface area contributed by atoms with Crippen LogP contribution in [0.5, 0.6) is 0 Å². The Hall–Kier alpha value is 0.571. The summed E-state index contributed by atoms with van der Waals surface area (Å²) < 4.78 is 9.21. The van der Waals surface area contributed by atoms with Crippen LogP contribution in [0.1, 0.15) is 27.7 Å². The molecule has 1 rings (SSSR count). The summed E-state index contributed by atoms with van der Waals surface area (Å²) in [6.07, 6.45) is 0. The van der Waals surface area contributed by atoms with Crippen molar-refractivity contribution in [3.8, 4) is 0 Å². The SMILES string of the molecule is CC(C)N(C(C)C)[Si]1(C)CCO[Si](C)(C)[Si]1(C)C. The standard InChI is InChI=1S/C13H33NOSi3/c1-12(2)14(13(3)4)18(9)11-10-15-16(5,6)17(18,7)8/h12-13H,10-11H2,1-9H3. The van der Waals surface area contributed by atoms with Crippen LogP contribution in [0.15, 0.2) is 0 Å². The number of nitrogens with zero attached hydrogens (tertiary/aromatic N) is 1. The van der Waals surface area contributed by atoms with Crippen molar-refractivity contribution >= 4 is 22.7 Å². The Kier molecular flexibility index (Phi) is 4.77. The molecule has 0 N–H and O–H groups in total. The van der Waals surface area contributed by atoms with Crippen molar-refractivity contribution in [2.75, 3.05) is 6.61 Å². The topological polar surface area (TPSA) is 12.5 Å². The van der Waals surface area contributed by atoms with Crippen LogP contribution in [0.2, 0.25) is 38.8 Å². The molecule has 1 fully saturated rings. The summed E-state index contributed by atoms with van der Waals surface area (Å²) in [7, 11) is -4.07. The summed E-state index contributed by atoms with van der Waals surface area (Å²) in [5.74, 6) is 0. The van der Waals surface area contributed by atoms with Gasteiger partial charge in [-0.05, 0) is 31.2 Å². The summed E-state index contributed by atoms with van der Waals surface area (Å²) in [5.41, 5.74) is 0. The van der Waals surface area contributed by atoms with Crippen LogP contribution in [0.25, 0.3) is 0 Å². The van der Waals surface area contributed by atoms with Gasteiger partial charge >= 0.3 is 0 Å². The molecule has 0 radical (unpaired) electrons. The van der Waals surface area contributed by atoms with Crippen molar-refractivity contribution in [2.24, 2.45) is 0 Å². The van der Waals surface area contributed by atoms with E-state index in [4.69, 9.17) is 4.43 Å². The molecule has 5 heteroatoms. The molecule has 18 heavy (non-hydrogen) atoms. The van der Waals surface area contributed by atoms with Crippen molar-refractivity contribution in [2.45, 2.75) is 78.6 Å². The van der Waals surface area contributed by atoms with Gasteiger partial charge in [-0.25, -0.2) is 0 Å².